The van der Waals surface area contributed by atoms with Gasteiger partial charge < -0.3 is 9.47 Å². The summed E-state index contributed by atoms with van der Waals surface area (Å²) in [5.74, 6) is 0. The van der Waals surface area contributed by atoms with Crippen molar-refractivity contribution in [1.29, 1.82) is 0 Å². The lowest BCUT2D eigenvalue weighted by Gasteiger charge is -2.38. The van der Waals surface area contributed by atoms with Crippen LogP contribution in [0.3, 0.4) is 0 Å². The van der Waals surface area contributed by atoms with Crippen LogP contribution in [0.4, 0.5) is 0 Å². The molecule has 3 heteroatoms. The Hall–Kier alpha value is -0.900. The van der Waals surface area contributed by atoms with Crippen molar-refractivity contribution in [1.82, 2.24) is 4.90 Å². The molecule has 0 spiro atoms. The molecule has 2 aliphatic rings. The summed E-state index contributed by atoms with van der Waals surface area (Å²) in [6.07, 6.45) is 0. The van der Waals surface area contributed by atoms with Gasteiger partial charge in [0.05, 0.1) is 25.4 Å². The second-order valence-corrected chi connectivity index (χ2v) is 5.91. The van der Waals surface area contributed by atoms with Crippen LogP contribution in [0.5, 0.6) is 0 Å². The molecule has 0 aliphatic carbocycles. The average Bonchev–Trinajstić information content (AvgIpc) is 2.74. The highest BCUT2D eigenvalue weighted by Gasteiger charge is 2.27. The van der Waals surface area contributed by atoms with Gasteiger partial charge in [-0.2, -0.15) is 0 Å². The van der Waals surface area contributed by atoms with Crippen molar-refractivity contribution in [2.75, 3.05) is 19.7 Å². The Morgan fingerprint density at radius 1 is 1.22 bits per heavy atom. The van der Waals surface area contributed by atoms with E-state index in [-0.39, 0.29) is 5.60 Å². The highest BCUT2D eigenvalue weighted by Crippen LogP contribution is 2.23. The van der Waals surface area contributed by atoms with Crippen molar-refractivity contribution < 1.29 is 9.47 Å². The van der Waals surface area contributed by atoms with Gasteiger partial charge in [-0.3, -0.25) is 4.90 Å². The smallest absolute Gasteiger partial charge is 0.0753 e. The first-order chi connectivity index (χ1) is 8.62. The second kappa shape index (κ2) is 4.65. The van der Waals surface area contributed by atoms with Crippen LogP contribution < -0.4 is 0 Å². The van der Waals surface area contributed by atoms with Gasteiger partial charge in [0.15, 0.2) is 0 Å². The van der Waals surface area contributed by atoms with Crippen LogP contribution in [0, 0.1) is 0 Å². The summed E-state index contributed by atoms with van der Waals surface area (Å²) in [5, 5.41) is 0. The maximum atomic E-state index is 5.75. The van der Waals surface area contributed by atoms with E-state index in [9.17, 15) is 0 Å². The van der Waals surface area contributed by atoms with Crippen LogP contribution in [0.15, 0.2) is 18.2 Å². The van der Waals surface area contributed by atoms with Gasteiger partial charge in [0.2, 0.25) is 0 Å². The van der Waals surface area contributed by atoms with Crippen LogP contribution in [0.2, 0.25) is 0 Å². The molecule has 0 radical (unpaired) electrons. The van der Waals surface area contributed by atoms with Crippen molar-refractivity contribution in [3.05, 3.63) is 34.9 Å². The molecule has 0 atom stereocenters. The molecule has 1 fully saturated rings. The number of ether oxygens (including phenoxy) is 2. The van der Waals surface area contributed by atoms with Crippen molar-refractivity contribution in [2.24, 2.45) is 0 Å². The number of morpholine rings is 1. The summed E-state index contributed by atoms with van der Waals surface area (Å²) < 4.78 is 11.2. The topological polar surface area (TPSA) is 21.7 Å². The molecule has 0 unspecified atom stereocenters. The average molecular weight is 247 g/mol. The number of rotatable bonds is 2. The first-order valence-electron chi connectivity index (χ1n) is 6.67. The van der Waals surface area contributed by atoms with Gasteiger partial charge in [-0.25, -0.2) is 0 Å². The van der Waals surface area contributed by atoms with Crippen LogP contribution in [-0.4, -0.2) is 30.2 Å². The standard InChI is InChI=1S/C15H21NO2/c1-15(2)11-16(5-6-18-15)8-12-3-4-13-9-17-10-14(13)7-12/h3-4,7H,5-6,8-11H2,1-2H3. The molecule has 0 aromatic heterocycles. The first kappa shape index (κ1) is 12.2. The van der Waals surface area contributed by atoms with Crippen molar-refractivity contribution in [3.63, 3.8) is 0 Å². The van der Waals surface area contributed by atoms with Gasteiger partial charge >= 0.3 is 0 Å². The molecule has 3 rings (SSSR count). The largest absolute Gasteiger partial charge is 0.373 e. The van der Waals surface area contributed by atoms with E-state index in [4.69, 9.17) is 9.47 Å². The summed E-state index contributed by atoms with van der Waals surface area (Å²) in [7, 11) is 0. The van der Waals surface area contributed by atoms with E-state index in [2.05, 4.69) is 36.9 Å². The molecular formula is C15H21NO2. The third kappa shape index (κ3) is 2.58. The van der Waals surface area contributed by atoms with Gasteiger partial charge in [-0.15, -0.1) is 0 Å². The highest BCUT2D eigenvalue weighted by molar-refractivity contribution is 5.33. The van der Waals surface area contributed by atoms with Crippen LogP contribution in [0.1, 0.15) is 30.5 Å². The molecule has 1 aromatic carbocycles. The van der Waals surface area contributed by atoms with Crippen molar-refractivity contribution in [3.8, 4) is 0 Å². The molecule has 0 saturated carbocycles. The zero-order chi connectivity index (χ0) is 12.6. The van der Waals surface area contributed by atoms with E-state index in [1.54, 1.807) is 0 Å². The van der Waals surface area contributed by atoms with Crippen LogP contribution in [-0.2, 0) is 29.2 Å². The summed E-state index contributed by atoms with van der Waals surface area (Å²) >= 11 is 0. The summed E-state index contributed by atoms with van der Waals surface area (Å²) in [6, 6.07) is 6.74. The van der Waals surface area contributed by atoms with Gasteiger partial charge in [0.25, 0.3) is 0 Å². The number of fused-ring (bicyclic) bond motifs is 1. The van der Waals surface area contributed by atoms with Crippen LogP contribution in [0.25, 0.3) is 0 Å². The Bertz CT molecular complexity index is 442. The number of benzene rings is 1. The Kier molecular flexibility index (Phi) is 3.14. The molecule has 0 N–H and O–H groups in total. The molecule has 1 saturated heterocycles. The SMILES string of the molecule is CC1(C)CN(Cc2ccc3c(c2)COC3)CCO1. The second-order valence-electron chi connectivity index (χ2n) is 5.91. The van der Waals surface area contributed by atoms with E-state index >= 15 is 0 Å². The monoisotopic (exact) mass is 247 g/mol. The lowest BCUT2D eigenvalue weighted by Crippen LogP contribution is -2.47. The number of nitrogens with zero attached hydrogens (tertiary/aromatic N) is 1. The minimum atomic E-state index is -0.0158. The molecule has 98 valence electrons. The fourth-order valence-corrected chi connectivity index (χ4v) is 2.83. The van der Waals surface area contributed by atoms with Crippen molar-refractivity contribution >= 4 is 0 Å². The molecule has 0 amide bonds. The molecule has 0 bridgehead atoms. The third-order valence-corrected chi connectivity index (χ3v) is 3.70. The van der Waals surface area contributed by atoms with Gasteiger partial charge in [0, 0.05) is 19.6 Å². The summed E-state index contributed by atoms with van der Waals surface area (Å²) in [5.41, 5.74) is 4.08. The quantitative estimate of drug-likeness (QED) is 0.800. The Morgan fingerprint density at radius 2 is 2.06 bits per heavy atom. The molecular weight excluding hydrogens is 226 g/mol. The van der Waals surface area contributed by atoms with Gasteiger partial charge in [0.1, 0.15) is 0 Å². The minimum Gasteiger partial charge on any atom is -0.373 e. The molecule has 1 aromatic rings. The fourth-order valence-electron chi connectivity index (χ4n) is 2.83. The zero-order valence-corrected chi connectivity index (χ0v) is 11.2. The van der Waals surface area contributed by atoms with E-state index in [1.807, 2.05) is 0 Å². The van der Waals surface area contributed by atoms with E-state index in [0.717, 1.165) is 39.5 Å². The Morgan fingerprint density at radius 3 is 2.89 bits per heavy atom. The summed E-state index contributed by atoms with van der Waals surface area (Å²) in [6.45, 7) is 9.75. The van der Waals surface area contributed by atoms with Gasteiger partial charge in [-0.05, 0) is 30.5 Å². The van der Waals surface area contributed by atoms with E-state index in [0.29, 0.717) is 0 Å². The molecule has 18 heavy (non-hydrogen) atoms. The first-order valence-corrected chi connectivity index (χ1v) is 6.67. The zero-order valence-electron chi connectivity index (χ0n) is 11.2. The normalized spacial score (nSPS) is 23.0. The number of hydrogen-bond acceptors (Lipinski definition) is 3. The number of hydrogen-bond donors (Lipinski definition) is 0. The Labute approximate surface area is 109 Å². The Balaban J connectivity index is 1.69. The maximum Gasteiger partial charge on any atom is 0.0753 e. The fraction of sp³-hybridized carbons (Fsp3) is 0.600. The van der Waals surface area contributed by atoms with Gasteiger partial charge in [-0.1, -0.05) is 18.2 Å². The molecule has 3 nitrogen and oxygen atoms in total. The predicted molar refractivity (Wildman–Crippen MR) is 70.2 cm³/mol. The van der Waals surface area contributed by atoms with Crippen molar-refractivity contribution in [2.45, 2.75) is 39.2 Å². The maximum absolute atomic E-state index is 5.75. The molecule has 2 heterocycles. The molecule has 2 aliphatic heterocycles. The minimum absolute atomic E-state index is 0.0158. The van der Waals surface area contributed by atoms with E-state index in [1.165, 1.54) is 16.7 Å². The lowest BCUT2D eigenvalue weighted by atomic mass is 10.0. The lowest BCUT2D eigenvalue weighted by molar-refractivity contribution is -0.0882. The van der Waals surface area contributed by atoms with Crippen LogP contribution >= 0.6 is 0 Å². The third-order valence-electron chi connectivity index (χ3n) is 3.70. The predicted octanol–water partition coefficient (Wildman–Crippen LogP) is 2.33. The summed E-state index contributed by atoms with van der Waals surface area (Å²) in [4.78, 5) is 2.47. The van der Waals surface area contributed by atoms with E-state index < -0.39 is 0 Å². The highest BCUT2D eigenvalue weighted by atomic mass is 16.5.